The highest BCUT2D eigenvalue weighted by atomic mass is 16.5. The normalized spacial score (nSPS) is 15.6. The molecule has 1 N–H and O–H groups in total. The number of oxazole rings is 1. The zero-order chi connectivity index (χ0) is 19.0. The highest BCUT2D eigenvalue weighted by Gasteiger charge is 2.24. The first-order valence-electron chi connectivity index (χ1n) is 9.04. The lowest BCUT2D eigenvalue weighted by molar-refractivity contribution is 0.180. The van der Waals surface area contributed by atoms with Crippen LogP contribution in [0.25, 0.3) is 22.8 Å². The van der Waals surface area contributed by atoms with Gasteiger partial charge in [-0.2, -0.15) is 5.26 Å². The van der Waals surface area contributed by atoms with Crippen LogP contribution in [0.5, 0.6) is 5.75 Å². The van der Waals surface area contributed by atoms with E-state index in [0.717, 1.165) is 35.1 Å². The van der Waals surface area contributed by atoms with Crippen molar-refractivity contribution in [2.75, 3.05) is 0 Å². The molecule has 0 radical (unpaired) electrons. The van der Waals surface area contributed by atoms with E-state index in [1.54, 1.807) is 18.3 Å². The van der Waals surface area contributed by atoms with Gasteiger partial charge in [-0.3, -0.25) is 0 Å². The minimum Gasteiger partial charge on any atom is -0.490 e. The van der Waals surface area contributed by atoms with Crippen LogP contribution >= 0.6 is 0 Å². The summed E-state index contributed by atoms with van der Waals surface area (Å²) in [6.45, 7) is 3.84. The molecule has 0 saturated heterocycles. The summed E-state index contributed by atoms with van der Waals surface area (Å²) in [7, 11) is 0. The number of rotatable bonds is 4. The molecule has 1 aliphatic carbocycles. The molecule has 1 heterocycles. The van der Waals surface area contributed by atoms with Gasteiger partial charge in [0.15, 0.2) is 5.76 Å². The Balaban J connectivity index is 1.69. The van der Waals surface area contributed by atoms with Crippen LogP contribution in [0, 0.1) is 11.3 Å². The third kappa shape index (κ3) is 3.20. The lowest BCUT2D eigenvalue weighted by atomic mass is 10.0. The molecule has 0 spiro atoms. The van der Waals surface area contributed by atoms with E-state index >= 15 is 0 Å². The molecule has 0 aliphatic heterocycles. The molecule has 0 fully saturated rings. The number of fused-ring (bicyclic) bond motifs is 1. The number of nitrogens with zero attached hydrogens (tertiary/aromatic N) is 2. The minimum atomic E-state index is -0.408. The summed E-state index contributed by atoms with van der Waals surface area (Å²) >= 11 is 0. The van der Waals surface area contributed by atoms with Crippen LogP contribution in [0.3, 0.4) is 0 Å². The number of nitriles is 1. The Morgan fingerprint density at radius 3 is 2.93 bits per heavy atom. The number of hydrogen-bond donors (Lipinski definition) is 1. The van der Waals surface area contributed by atoms with Gasteiger partial charge in [0.05, 0.1) is 24.0 Å². The molecule has 1 unspecified atom stereocenters. The summed E-state index contributed by atoms with van der Waals surface area (Å²) in [5.74, 6) is 1.67. The standard InChI is InChI=1S/C22H20N2O3/c1-13(2)26-20-9-6-14(10-15(20)11-23)22-24-12-21(27-22)18-5-3-4-17-16(18)7-8-19(17)25/h3-6,9-10,12-13,19,25H,7-8H2,1-2H3. The maximum absolute atomic E-state index is 10.1. The summed E-state index contributed by atoms with van der Waals surface area (Å²) in [5, 5.41) is 19.5. The van der Waals surface area contributed by atoms with Crippen molar-refractivity contribution >= 4 is 0 Å². The average Bonchev–Trinajstić information content (AvgIpc) is 3.29. The molecule has 5 heteroatoms. The van der Waals surface area contributed by atoms with E-state index < -0.39 is 6.10 Å². The number of aliphatic hydroxyl groups is 1. The predicted octanol–water partition coefficient (Wildman–Crippen LogP) is 4.65. The van der Waals surface area contributed by atoms with Gasteiger partial charge in [0.2, 0.25) is 5.89 Å². The quantitative estimate of drug-likeness (QED) is 0.733. The van der Waals surface area contributed by atoms with E-state index in [1.165, 1.54) is 0 Å². The van der Waals surface area contributed by atoms with Gasteiger partial charge in [-0.05, 0) is 56.0 Å². The van der Waals surface area contributed by atoms with Crippen molar-refractivity contribution in [3.63, 3.8) is 0 Å². The molecule has 5 nitrogen and oxygen atoms in total. The SMILES string of the molecule is CC(C)Oc1ccc(-c2ncc(-c3cccc4c3CCC4O)o2)cc1C#N. The highest BCUT2D eigenvalue weighted by Crippen LogP contribution is 2.38. The van der Waals surface area contributed by atoms with Crippen LogP contribution in [0.4, 0.5) is 0 Å². The molecule has 0 bridgehead atoms. The summed E-state index contributed by atoms with van der Waals surface area (Å²) in [6, 6.07) is 13.4. The van der Waals surface area contributed by atoms with Crippen molar-refractivity contribution in [3.05, 3.63) is 59.3 Å². The van der Waals surface area contributed by atoms with Gasteiger partial charge < -0.3 is 14.3 Å². The summed E-state index contributed by atoms with van der Waals surface area (Å²) in [4.78, 5) is 4.39. The molecular weight excluding hydrogens is 340 g/mol. The molecule has 27 heavy (non-hydrogen) atoms. The van der Waals surface area contributed by atoms with Crippen LogP contribution in [0.2, 0.25) is 0 Å². The van der Waals surface area contributed by atoms with Crippen LogP contribution in [-0.4, -0.2) is 16.2 Å². The van der Waals surface area contributed by atoms with E-state index in [-0.39, 0.29) is 6.10 Å². The van der Waals surface area contributed by atoms with Gasteiger partial charge in [-0.15, -0.1) is 0 Å². The maximum atomic E-state index is 10.1. The Bertz CT molecular complexity index is 1030. The molecule has 2 aromatic carbocycles. The third-order valence-electron chi connectivity index (χ3n) is 4.72. The molecule has 136 valence electrons. The predicted molar refractivity (Wildman–Crippen MR) is 101 cm³/mol. The lowest BCUT2D eigenvalue weighted by Gasteiger charge is -2.11. The highest BCUT2D eigenvalue weighted by molar-refractivity contribution is 5.68. The first-order valence-corrected chi connectivity index (χ1v) is 9.04. The Morgan fingerprint density at radius 1 is 1.30 bits per heavy atom. The average molecular weight is 360 g/mol. The van der Waals surface area contributed by atoms with E-state index in [4.69, 9.17) is 9.15 Å². The lowest BCUT2D eigenvalue weighted by Crippen LogP contribution is -2.06. The first-order chi connectivity index (χ1) is 13.1. The van der Waals surface area contributed by atoms with Crippen molar-refractivity contribution < 1.29 is 14.3 Å². The number of aliphatic hydroxyl groups excluding tert-OH is 1. The smallest absolute Gasteiger partial charge is 0.226 e. The Labute approximate surface area is 157 Å². The van der Waals surface area contributed by atoms with Crippen molar-refractivity contribution in [2.45, 2.75) is 38.9 Å². The van der Waals surface area contributed by atoms with Gasteiger partial charge in [0.1, 0.15) is 11.8 Å². The zero-order valence-corrected chi connectivity index (χ0v) is 15.3. The van der Waals surface area contributed by atoms with E-state index in [2.05, 4.69) is 11.1 Å². The fraction of sp³-hybridized carbons (Fsp3) is 0.273. The van der Waals surface area contributed by atoms with Gasteiger partial charge >= 0.3 is 0 Å². The van der Waals surface area contributed by atoms with Crippen LogP contribution < -0.4 is 4.74 Å². The number of ether oxygens (including phenoxy) is 1. The molecule has 0 saturated carbocycles. The summed E-state index contributed by atoms with van der Waals surface area (Å²) in [5.41, 5.74) is 4.22. The molecule has 1 atom stereocenters. The second-order valence-electron chi connectivity index (χ2n) is 6.95. The first kappa shape index (κ1) is 17.3. The van der Waals surface area contributed by atoms with Crippen molar-refractivity contribution in [3.8, 4) is 34.6 Å². The van der Waals surface area contributed by atoms with Crippen LogP contribution in [0.15, 0.2) is 47.0 Å². The monoisotopic (exact) mass is 360 g/mol. The van der Waals surface area contributed by atoms with Gasteiger partial charge in [-0.1, -0.05) is 18.2 Å². The van der Waals surface area contributed by atoms with Crippen molar-refractivity contribution in [2.24, 2.45) is 0 Å². The summed E-state index contributed by atoms with van der Waals surface area (Å²) < 4.78 is 11.7. The Morgan fingerprint density at radius 2 is 2.15 bits per heavy atom. The molecule has 3 aromatic rings. The Hall–Kier alpha value is -3.10. The van der Waals surface area contributed by atoms with Gasteiger partial charge in [0, 0.05) is 11.1 Å². The molecular formula is C22H20N2O3. The van der Waals surface area contributed by atoms with E-state index in [1.807, 2.05) is 38.1 Å². The zero-order valence-electron chi connectivity index (χ0n) is 15.3. The molecule has 0 amide bonds. The second-order valence-corrected chi connectivity index (χ2v) is 6.95. The summed E-state index contributed by atoms with van der Waals surface area (Å²) in [6.07, 6.45) is 2.83. The van der Waals surface area contributed by atoms with Crippen LogP contribution in [0.1, 0.15) is 43.1 Å². The molecule has 1 aromatic heterocycles. The second kappa shape index (κ2) is 6.90. The topological polar surface area (TPSA) is 79.3 Å². The number of aromatic nitrogens is 1. The third-order valence-corrected chi connectivity index (χ3v) is 4.72. The van der Waals surface area contributed by atoms with Crippen molar-refractivity contribution in [1.29, 1.82) is 5.26 Å². The van der Waals surface area contributed by atoms with E-state index in [9.17, 15) is 10.4 Å². The number of hydrogen-bond acceptors (Lipinski definition) is 5. The van der Waals surface area contributed by atoms with Gasteiger partial charge in [0.25, 0.3) is 0 Å². The Kier molecular flexibility index (Phi) is 4.43. The number of benzene rings is 2. The van der Waals surface area contributed by atoms with Gasteiger partial charge in [-0.25, -0.2) is 4.98 Å². The molecule has 4 rings (SSSR count). The van der Waals surface area contributed by atoms with Crippen molar-refractivity contribution in [1.82, 2.24) is 4.98 Å². The van der Waals surface area contributed by atoms with E-state index in [0.29, 0.717) is 23.0 Å². The largest absolute Gasteiger partial charge is 0.490 e. The van der Waals surface area contributed by atoms with Crippen LogP contribution in [-0.2, 0) is 6.42 Å². The molecule has 1 aliphatic rings. The fourth-order valence-corrected chi connectivity index (χ4v) is 3.50. The minimum absolute atomic E-state index is 0.00758. The maximum Gasteiger partial charge on any atom is 0.226 e. The fourth-order valence-electron chi connectivity index (χ4n) is 3.50.